The van der Waals surface area contributed by atoms with Gasteiger partial charge in [-0.15, -0.1) is 0 Å². The molecule has 0 aliphatic heterocycles. The van der Waals surface area contributed by atoms with Crippen LogP contribution in [0.3, 0.4) is 0 Å². The van der Waals surface area contributed by atoms with Gasteiger partial charge < -0.3 is 16.0 Å². The van der Waals surface area contributed by atoms with Gasteiger partial charge in [-0.3, -0.25) is 19.2 Å². The first kappa shape index (κ1) is 26.8. The van der Waals surface area contributed by atoms with E-state index < -0.39 is 35.2 Å². The van der Waals surface area contributed by atoms with Gasteiger partial charge in [0.15, 0.2) is 0 Å². The van der Waals surface area contributed by atoms with Crippen molar-refractivity contribution in [2.45, 2.75) is 71.0 Å². The Hall–Kier alpha value is -3.48. The van der Waals surface area contributed by atoms with Crippen molar-refractivity contribution in [2.24, 2.45) is 0 Å². The van der Waals surface area contributed by atoms with Gasteiger partial charge in [-0.05, 0) is 44.9 Å². The summed E-state index contributed by atoms with van der Waals surface area (Å²) in [5.41, 5.74) is 0.655. The maximum absolute atomic E-state index is 13.2. The normalized spacial score (nSPS) is 12.8. The van der Waals surface area contributed by atoms with Crippen LogP contribution in [-0.4, -0.2) is 41.1 Å². The number of hydrogen-bond acceptors (Lipinski definition) is 4. The van der Waals surface area contributed by atoms with Crippen LogP contribution in [0.4, 0.5) is 0 Å². The summed E-state index contributed by atoms with van der Waals surface area (Å²) >= 11 is 0. The fourth-order valence-electron chi connectivity index (χ4n) is 3.40. The topological polar surface area (TPSA) is 104 Å². The van der Waals surface area contributed by atoms with Crippen molar-refractivity contribution in [3.63, 3.8) is 0 Å². The molecular weight excluding hydrogens is 430 g/mol. The van der Waals surface area contributed by atoms with Crippen LogP contribution in [0.25, 0.3) is 0 Å². The number of rotatable bonds is 11. The van der Waals surface area contributed by atoms with Gasteiger partial charge in [0, 0.05) is 17.5 Å². The van der Waals surface area contributed by atoms with Gasteiger partial charge in [0.05, 0.1) is 0 Å². The minimum atomic E-state index is -1.06. The average Bonchev–Trinajstić information content (AvgIpc) is 2.80. The van der Waals surface area contributed by atoms with Crippen molar-refractivity contribution in [2.75, 3.05) is 0 Å². The Bertz CT molecular complexity index is 968. The van der Waals surface area contributed by atoms with E-state index in [0.29, 0.717) is 12.0 Å². The quantitative estimate of drug-likeness (QED) is 0.443. The first-order valence-corrected chi connectivity index (χ1v) is 11.7. The van der Waals surface area contributed by atoms with Crippen LogP contribution in [0, 0.1) is 0 Å². The van der Waals surface area contributed by atoms with Gasteiger partial charge in [-0.2, -0.15) is 0 Å². The number of unbranched alkanes of at least 4 members (excludes halogenated alkanes) is 1. The van der Waals surface area contributed by atoms with Crippen molar-refractivity contribution in [3.8, 4) is 0 Å². The van der Waals surface area contributed by atoms with E-state index in [1.54, 1.807) is 51.1 Å². The molecule has 0 bridgehead atoms. The molecule has 1 unspecified atom stereocenters. The van der Waals surface area contributed by atoms with Crippen molar-refractivity contribution >= 4 is 23.5 Å². The SMILES string of the molecule is CCCC[C@H](NC(=O)c1ccccc1)C(=O)NC(Cc1ccccc1)C(=O)C(=O)NC(C)(C)C. The zero-order valence-electron chi connectivity index (χ0n) is 20.4. The zero-order valence-corrected chi connectivity index (χ0v) is 20.4. The van der Waals surface area contributed by atoms with Gasteiger partial charge in [-0.25, -0.2) is 0 Å². The molecule has 0 fully saturated rings. The monoisotopic (exact) mass is 465 g/mol. The predicted octanol–water partition coefficient (Wildman–Crippen LogP) is 3.19. The largest absolute Gasteiger partial charge is 0.345 e. The molecule has 0 radical (unpaired) electrons. The smallest absolute Gasteiger partial charge is 0.290 e. The third kappa shape index (κ3) is 8.81. The van der Waals surface area contributed by atoms with Crippen LogP contribution in [0.2, 0.25) is 0 Å². The molecule has 34 heavy (non-hydrogen) atoms. The maximum Gasteiger partial charge on any atom is 0.290 e. The van der Waals surface area contributed by atoms with Gasteiger partial charge in [0.25, 0.3) is 11.8 Å². The fraction of sp³-hybridized carbons (Fsp3) is 0.407. The highest BCUT2D eigenvalue weighted by Crippen LogP contribution is 2.09. The lowest BCUT2D eigenvalue weighted by Crippen LogP contribution is -2.56. The molecule has 0 aromatic heterocycles. The molecule has 2 atom stereocenters. The molecule has 0 spiro atoms. The summed E-state index contributed by atoms with van der Waals surface area (Å²) in [6, 6.07) is 15.9. The number of benzene rings is 2. The van der Waals surface area contributed by atoms with Crippen LogP contribution >= 0.6 is 0 Å². The molecule has 182 valence electrons. The van der Waals surface area contributed by atoms with E-state index in [-0.39, 0.29) is 12.3 Å². The Morgan fingerprint density at radius 3 is 1.97 bits per heavy atom. The summed E-state index contributed by atoms with van der Waals surface area (Å²) in [7, 11) is 0. The molecule has 2 aromatic rings. The number of carbonyl (C=O) groups excluding carboxylic acids is 4. The molecular formula is C27H35N3O4. The number of amides is 3. The second kappa shape index (κ2) is 12.7. The number of hydrogen-bond donors (Lipinski definition) is 3. The van der Waals surface area contributed by atoms with Crippen LogP contribution < -0.4 is 16.0 Å². The summed E-state index contributed by atoms with van der Waals surface area (Å²) in [5.74, 6) is -2.34. The van der Waals surface area contributed by atoms with E-state index >= 15 is 0 Å². The van der Waals surface area contributed by atoms with Gasteiger partial charge in [0.1, 0.15) is 12.1 Å². The Morgan fingerprint density at radius 1 is 0.824 bits per heavy atom. The van der Waals surface area contributed by atoms with Crippen LogP contribution in [-0.2, 0) is 20.8 Å². The number of Topliss-reactive ketones (excluding diaryl/α,β-unsaturated/α-hetero) is 1. The van der Waals surface area contributed by atoms with E-state index in [1.165, 1.54) is 0 Å². The molecule has 2 rings (SSSR count). The highest BCUT2D eigenvalue weighted by molar-refractivity contribution is 6.38. The van der Waals surface area contributed by atoms with Gasteiger partial charge in [-0.1, -0.05) is 68.3 Å². The zero-order chi connectivity index (χ0) is 25.1. The first-order chi connectivity index (χ1) is 16.1. The molecule has 0 saturated carbocycles. The van der Waals surface area contributed by atoms with Crippen molar-refractivity contribution in [3.05, 3.63) is 71.8 Å². The summed E-state index contributed by atoms with van der Waals surface area (Å²) in [5, 5.41) is 8.18. The van der Waals surface area contributed by atoms with Gasteiger partial charge in [0.2, 0.25) is 11.7 Å². The molecule has 3 amide bonds. The second-order valence-electron chi connectivity index (χ2n) is 9.35. The lowest BCUT2D eigenvalue weighted by Gasteiger charge is -2.25. The number of nitrogens with one attached hydrogen (secondary N) is 3. The van der Waals surface area contributed by atoms with Crippen LogP contribution in [0.5, 0.6) is 0 Å². The van der Waals surface area contributed by atoms with E-state index in [9.17, 15) is 19.2 Å². The minimum Gasteiger partial charge on any atom is -0.345 e. The highest BCUT2D eigenvalue weighted by atomic mass is 16.2. The van der Waals surface area contributed by atoms with Gasteiger partial charge >= 0.3 is 0 Å². The Kier molecular flexibility index (Phi) is 9.98. The van der Waals surface area contributed by atoms with Crippen LogP contribution in [0.1, 0.15) is 62.9 Å². The van der Waals surface area contributed by atoms with Crippen LogP contribution in [0.15, 0.2) is 60.7 Å². The Morgan fingerprint density at radius 2 is 1.41 bits per heavy atom. The highest BCUT2D eigenvalue weighted by Gasteiger charge is 2.31. The van der Waals surface area contributed by atoms with E-state index in [0.717, 1.165) is 18.4 Å². The predicted molar refractivity (Wildman–Crippen MR) is 132 cm³/mol. The Balaban J connectivity index is 2.22. The molecule has 7 heteroatoms. The average molecular weight is 466 g/mol. The van der Waals surface area contributed by atoms with Crippen molar-refractivity contribution in [1.82, 2.24) is 16.0 Å². The third-order valence-electron chi connectivity index (χ3n) is 5.13. The molecule has 0 heterocycles. The molecule has 7 nitrogen and oxygen atoms in total. The fourth-order valence-corrected chi connectivity index (χ4v) is 3.40. The number of ketones is 1. The molecule has 0 aliphatic carbocycles. The van der Waals surface area contributed by atoms with Crippen molar-refractivity contribution in [1.29, 1.82) is 0 Å². The third-order valence-corrected chi connectivity index (χ3v) is 5.13. The van der Waals surface area contributed by atoms with E-state index in [1.807, 2.05) is 37.3 Å². The minimum absolute atomic E-state index is 0.163. The lowest BCUT2D eigenvalue weighted by molar-refractivity contribution is -0.141. The number of carbonyl (C=O) groups is 4. The maximum atomic E-state index is 13.2. The molecule has 2 aromatic carbocycles. The first-order valence-electron chi connectivity index (χ1n) is 11.7. The standard InChI is InChI=1S/C27H35N3O4/c1-5-6-17-21(28-24(32)20-15-11-8-12-16-20)25(33)29-22(18-19-13-9-7-10-14-19)23(31)26(34)30-27(2,3)4/h7-16,21-22H,5-6,17-18H2,1-4H3,(H,28,32)(H,29,33)(H,30,34)/t21-,22?/m0/s1. The molecule has 3 N–H and O–H groups in total. The van der Waals surface area contributed by atoms with E-state index in [2.05, 4.69) is 16.0 Å². The van der Waals surface area contributed by atoms with Crippen molar-refractivity contribution < 1.29 is 19.2 Å². The summed E-state index contributed by atoms with van der Waals surface area (Å²) in [4.78, 5) is 51.5. The molecule has 0 saturated heterocycles. The lowest BCUT2D eigenvalue weighted by atomic mass is 9.99. The molecule has 0 aliphatic rings. The summed E-state index contributed by atoms with van der Waals surface area (Å²) < 4.78 is 0. The Labute approximate surface area is 201 Å². The van der Waals surface area contributed by atoms with E-state index in [4.69, 9.17) is 0 Å². The summed E-state index contributed by atoms with van der Waals surface area (Å²) in [6.07, 6.45) is 2.14. The second-order valence-corrected chi connectivity index (χ2v) is 9.35. The summed E-state index contributed by atoms with van der Waals surface area (Å²) in [6.45, 7) is 7.33.